The highest BCUT2D eigenvalue weighted by Gasteiger charge is 2.17. The van der Waals surface area contributed by atoms with Crippen molar-refractivity contribution < 1.29 is 23.7 Å². The predicted molar refractivity (Wildman–Crippen MR) is 119 cm³/mol. The van der Waals surface area contributed by atoms with E-state index in [-0.39, 0.29) is 12.3 Å². The third-order valence-electron chi connectivity index (χ3n) is 5.59. The lowest BCUT2D eigenvalue weighted by Gasteiger charge is -2.22. The van der Waals surface area contributed by atoms with Crippen molar-refractivity contribution in [3.8, 4) is 23.0 Å². The predicted octanol–water partition coefficient (Wildman–Crippen LogP) is 4.64. The number of rotatable bonds is 10. The number of anilines is 1. The lowest BCUT2D eigenvalue weighted by atomic mass is 9.90. The first-order valence-corrected chi connectivity index (χ1v) is 10.8. The van der Waals surface area contributed by atoms with Crippen LogP contribution < -0.4 is 24.3 Å². The number of hydrogen-bond acceptors (Lipinski definition) is 6. The first-order chi connectivity index (χ1) is 15.1. The molecule has 0 aliphatic heterocycles. The van der Waals surface area contributed by atoms with Crippen LogP contribution >= 0.6 is 0 Å². The normalized spacial score (nSPS) is 14.0. The fourth-order valence-electron chi connectivity index (χ4n) is 3.89. The van der Waals surface area contributed by atoms with Crippen molar-refractivity contribution in [1.82, 2.24) is 4.98 Å². The number of aromatic nitrogens is 1. The Balaban J connectivity index is 1.59. The van der Waals surface area contributed by atoms with E-state index in [9.17, 15) is 4.79 Å². The number of carbonyl (C=O) groups excluding carboxylic acids is 1. The van der Waals surface area contributed by atoms with Gasteiger partial charge in [-0.15, -0.1) is 0 Å². The van der Waals surface area contributed by atoms with Crippen molar-refractivity contribution in [3.63, 3.8) is 0 Å². The summed E-state index contributed by atoms with van der Waals surface area (Å²) in [6, 6.07) is 7.38. The van der Waals surface area contributed by atoms with Gasteiger partial charge in [-0.05, 0) is 55.0 Å². The maximum Gasteiger partial charge on any atom is 0.225 e. The van der Waals surface area contributed by atoms with E-state index < -0.39 is 0 Å². The van der Waals surface area contributed by atoms with Gasteiger partial charge in [0.25, 0.3) is 0 Å². The van der Waals surface area contributed by atoms with Crippen LogP contribution in [0.4, 0.5) is 5.82 Å². The summed E-state index contributed by atoms with van der Waals surface area (Å²) < 4.78 is 22.1. The molecule has 1 aliphatic carbocycles. The van der Waals surface area contributed by atoms with Gasteiger partial charge >= 0.3 is 0 Å². The Morgan fingerprint density at radius 3 is 2.39 bits per heavy atom. The van der Waals surface area contributed by atoms with Crippen LogP contribution in [-0.4, -0.2) is 38.8 Å². The SMILES string of the molecule is COc1cc(CCC(=O)Nc2ncccc2OCC2CCCCC2)cc(OC)c1OC. The molecule has 1 N–H and O–H groups in total. The van der Waals surface area contributed by atoms with Gasteiger partial charge in [0.2, 0.25) is 11.7 Å². The summed E-state index contributed by atoms with van der Waals surface area (Å²) in [6.07, 6.45) is 8.73. The topological polar surface area (TPSA) is 78.9 Å². The van der Waals surface area contributed by atoms with Crippen LogP contribution in [0.3, 0.4) is 0 Å². The zero-order valence-corrected chi connectivity index (χ0v) is 18.6. The molecule has 0 saturated heterocycles. The third-order valence-corrected chi connectivity index (χ3v) is 5.59. The first kappa shape index (κ1) is 22.7. The van der Waals surface area contributed by atoms with E-state index in [1.54, 1.807) is 27.5 Å². The molecule has 3 rings (SSSR count). The number of hydrogen-bond donors (Lipinski definition) is 1. The van der Waals surface area contributed by atoms with Crippen LogP contribution in [0.15, 0.2) is 30.5 Å². The number of pyridine rings is 1. The average molecular weight is 429 g/mol. The zero-order valence-electron chi connectivity index (χ0n) is 18.6. The van der Waals surface area contributed by atoms with Crippen LogP contribution in [0.25, 0.3) is 0 Å². The van der Waals surface area contributed by atoms with Gasteiger partial charge in [0, 0.05) is 12.6 Å². The number of benzene rings is 1. The summed E-state index contributed by atoms with van der Waals surface area (Å²) in [7, 11) is 4.71. The minimum Gasteiger partial charge on any atom is -0.493 e. The Hall–Kier alpha value is -2.96. The zero-order chi connectivity index (χ0) is 22.1. The maximum atomic E-state index is 12.6. The Morgan fingerprint density at radius 2 is 1.74 bits per heavy atom. The van der Waals surface area contributed by atoms with Crippen LogP contribution in [0.5, 0.6) is 23.0 Å². The molecule has 1 amide bonds. The third kappa shape index (κ3) is 6.26. The number of carbonyl (C=O) groups is 1. The summed E-state index contributed by atoms with van der Waals surface area (Å²) in [5.74, 6) is 3.21. The van der Waals surface area contributed by atoms with Gasteiger partial charge in [-0.2, -0.15) is 0 Å². The molecule has 1 heterocycles. The largest absolute Gasteiger partial charge is 0.493 e. The fraction of sp³-hybridized carbons (Fsp3) is 0.500. The molecule has 1 aromatic carbocycles. The Bertz CT molecular complexity index is 840. The summed E-state index contributed by atoms with van der Waals surface area (Å²) in [5.41, 5.74) is 0.916. The second-order valence-electron chi connectivity index (χ2n) is 7.75. The van der Waals surface area contributed by atoms with Crippen molar-refractivity contribution in [2.75, 3.05) is 33.3 Å². The molecule has 1 fully saturated rings. The molecule has 0 radical (unpaired) electrons. The van der Waals surface area contributed by atoms with E-state index in [2.05, 4.69) is 10.3 Å². The van der Waals surface area contributed by atoms with Crippen molar-refractivity contribution in [3.05, 3.63) is 36.0 Å². The molecule has 7 nitrogen and oxygen atoms in total. The number of ether oxygens (including phenoxy) is 4. The lowest BCUT2D eigenvalue weighted by molar-refractivity contribution is -0.116. The van der Waals surface area contributed by atoms with E-state index in [4.69, 9.17) is 18.9 Å². The van der Waals surface area contributed by atoms with E-state index in [0.29, 0.717) is 47.8 Å². The molecule has 0 unspecified atom stereocenters. The standard InChI is InChI=1S/C24H32N2O5/c1-28-20-14-18(15-21(29-2)23(20)30-3)11-12-22(27)26-24-19(10-7-13-25-24)31-16-17-8-5-4-6-9-17/h7,10,13-15,17H,4-6,8-9,11-12,16H2,1-3H3,(H,25,26,27). The number of nitrogens with zero attached hydrogens (tertiary/aromatic N) is 1. The molecular formula is C24H32N2O5. The van der Waals surface area contributed by atoms with Gasteiger partial charge < -0.3 is 24.3 Å². The van der Waals surface area contributed by atoms with Gasteiger partial charge in [0.15, 0.2) is 23.1 Å². The minimum atomic E-state index is -0.130. The molecule has 1 aliphatic rings. The highest BCUT2D eigenvalue weighted by Crippen LogP contribution is 2.38. The second kappa shape index (κ2) is 11.4. The van der Waals surface area contributed by atoms with Crippen molar-refractivity contribution >= 4 is 11.7 Å². The number of aryl methyl sites for hydroxylation is 1. The second-order valence-corrected chi connectivity index (χ2v) is 7.75. The Labute approximate surface area is 184 Å². The van der Waals surface area contributed by atoms with E-state index in [1.165, 1.54) is 32.1 Å². The van der Waals surface area contributed by atoms with E-state index in [1.807, 2.05) is 24.3 Å². The molecule has 7 heteroatoms. The first-order valence-electron chi connectivity index (χ1n) is 10.8. The number of amides is 1. The van der Waals surface area contributed by atoms with Gasteiger partial charge in [-0.25, -0.2) is 4.98 Å². The van der Waals surface area contributed by atoms with Gasteiger partial charge in [-0.1, -0.05) is 19.3 Å². The minimum absolute atomic E-state index is 0.130. The molecule has 0 atom stereocenters. The quantitative estimate of drug-likeness (QED) is 0.594. The molecule has 168 valence electrons. The molecule has 0 spiro atoms. The molecular weight excluding hydrogens is 396 g/mol. The summed E-state index contributed by atoms with van der Waals surface area (Å²) >= 11 is 0. The molecule has 0 bridgehead atoms. The van der Waals surface area contributed by atoms with Gasteiger partial charge in [-0.3, -0.25) is 4.79 Å². The lowest BCUT2D eigenvalue weighted by Crippen LogP contribution is -2.18. The molecule has 2 aromatic rings. The van der Waals surface area contributed by atoms with Crippen molar-refractivity contribution in [2.45, 2.75) is 44.9 Å². The number of methoxy groups -OCH3 is 3. The van der Waals surface area contributed by atoms with Crippen molar-refractivity contribution in [2.24, 2.45) is 5.92 Å². The Morgan fingerprint density at radius 1 is 1.03 bits per heavy atom. The van der Waals surface area contributed by atoms with Crippen molar-refractivity contribution in [1.29, 1.82) is 0 Å². The monoisotopic (exact) mass is 428 g/mol. The van der Waals surface area contributed by atoms with Crippen LogP contribution in [0, 0.1) is 5.92 Å². The van der Waals surface area contributed by atoms with Crippen LogP contribution in [-0.2, 0) is 11.2 Å². The van der Waals surface area contributed by atoms with Crippen LogP contribution in [0.1, 0.15) is 44.1 Å². The average Bonchev–Trinajstić information content (AvgIpc) is 2.82. The van der Waals surface area contributed by atoms with Gasteiger partial charge in [0.05, 0.1) is 27.9 Å². The smallest absolute Gasteiger partial charge is 0.225 e. The molecule has 1 aromatic heterocycles. The number of nitrogens with one attached hydrogen (secondary N) is 1. The highest BCUT2D eigenvalue weighted by molar-refractivity contribution is 5.91. The van der Waals surface area contributed by atoms with E-state index >= 15 is 0 Å². The van der Waals surface area contributed by atoms with E-state index in [0.717, 1.165) is 5.56 Å². The summed E-state index contributed by atoms with van der Waals surface area (Å²) in [4.78, 5) is 16.9. The molecule has 1 saturated carbocycles. The maximum absolute atomic E-state index is 12.6. The summed E-state index contributed by atoms with van der Waals surface area (Å²) in [5, 5.41) is 2.89. The van der Waals surface area contributed by atoms with Crippen LogP contribution in [0.2, 0.25) is 0 Å². The van der Waals surface area contributed by atoms with Gasteiger partial charge in [0.1, 0.15) is 0 Å². The highest BCUT2D eigenvalue weighted by atomic mass is 16.5. The molecule has 31 heavy (non-hydrogen) atoms. The summed E-state index contributed by atoms with van der Waals surface area (Å²) in [6.45, 7) is 0.667. The fourth-order valence-corrected chi connectivity index (χ4v) is 3.89. The Kier molecular flexibility index (Phi) is 8.38.